The fourth-order valence-electron chi connectivity index (χ4n) is 3.05. The van der Waals surface area contributed by atoms with E-state index < -0.39 is 14.9 Å². The van der Waals surface area contributed by atoms with Gasteiger partial charge in [0.2, 0.25) is 10.0 Å². The van der Waals surface area contributed by atoms with Crippen LogP contribution in [0.1, 0.15) is 38.7 Å². The number of nitrogens with one attached hydrogen (secondary N) is 1. The van der Waals surface area contributed by atoms with Crippen molar-refractivity contribution in [3.63, 3.8) is 0 Å². The topological polar surface area (TPSA) is 92.5 Å². The van der Waals surface area contributed by atoms with Crippen LogP contribution in [0.3, 0.4) is 0 Å². The normalized spacial score (nSPS) is 17.0. The first-order valence-corrected chi connectivity index (χ1v) is 9.62. The second-order valence-corrected chi connectivity index (χ2v) is 8.58. The Bertz CT molecular complexity index is 710. The van der Waals surface area contributed by atoms with Crippen LogP contribution in [0, 0.1) is 17.0 Å². The molecule has 8 heteroatoms. The molecular weight excluding hydrogens is 330 g/mol. The van der Waals surface area contributed by atoms with E-state index in [1.54, 1.807) is 0 Å². The second-order valence-electron chi connectivity index (χ2n) is 6.84. The minimum absolute atomic E-state index is 0.0360. The molecule has 2 rings (SSSR count). The van der Waals surface area contributed by atoms with Crippen LogP contribution in [0.5, 0.6) is 0 Å². The van der Waals surface area contributed by atoms with E-state index >= 15 is 0 Å². The molecule has 1 heterocycles. The van der Waals surface area contributed by atoms with Gasteiger partial charge in [-0.1, -0.05) is 12.5 Å². The predicted octanol–water partition coefficient (Wildman–Crippen LogP) is 2.45. The lowest BCUT2D eigenvalue weighted by molar-refractivity contribution is -0.385. The van der Waals surface area contributed by atoms with Crippen molar-refractivity contribution in [2.24, 2.45) is 0 Å². The Kier molecular flexibility index (Phi) is 5.62. The zero-order chi connectivity index (χ0) is 18.0. The van der Waals surface area contributed by atoms with Crippen LogP contribution in [0.4, 0.5) is 5.69 Å². The molecule has 1 aliphatic heterocycles. The van der Waals surface area contributed by atoms with Crippen molar-refractivity contribution in [2.45, 2.75) is 50.5 Å². The summed E-state index contributed by atoms with van der Waals surface area (Å²) in [4.78, 5) is 12.7. The SMILES string of the molecule is Cc1c([N+](=O)[O-])cccc1S(=O)(=O)NCC(C)(C)N1CCCCC1. The Morgan fingerprint density at radius 2 is 1.88 bits per heavy atom. The molecule has 7 nitrogen and oxygen atoms in total. The maximum absolute atomic E-state index is 12.6. The van der Waals surface area contributed by atoms with Gasteiger partial charge in [0.15, 0.2) is 0 Å². The van der Waals surface area contributed by atoms with Gasteiger partial charge in [-0.15, -0.1) is 0 Å². The smallest absolute Gasteiger partial charge is 0.273 e. The first-order valence-electron chi connectivity index (χ1n) is 8.14. The Hall–Kier alpha value is -1.51. The highest BCUT2D eigenvalue weighted by atomic mass is 32.2. The summed E-state index contributed by atoms with van der Waals surface area (Å²) in [6, 6.07) is 4.11. The van der Waals surface area contributed by atoms with Gasteiger partial charge in [-0.3, -0.25) is 15.0 Å². The van der Waals surface area contributed by atoms with Gasteiger partial charge in [-0.2, -0.15) is 0 Å². The molecule has 0 unspecified atom stereocenters. The van der Waals surface area contributed by atoms with Crippen LogP contribution < -0.4 is 4.72 Å². The van der Waals surface area contributed by atoms with Crippen LogP contribution in [-0.2, 0) is 10.0 Å². The van der Waals surface area contributed by atoms with Gasteiger partial charge >= 0.3 is 0 Å². The Morgan fingerprint density at radius 1 is 1.25 bits per heavy atom. The standard InChI is InChI=1S/C16H25N3O4S/c1-13-14(19(20)21)8-7-9-15(13)24(22,23)17-12-16(2,3)18-10-5-4-6-11-18/h7-9,17H,4-6,10-12H2,1-3H3. The molecule has 1 aliphatic rings. The van der Waals surface area contributed by atoms with Crippen molar-refractivity contribution in [1.29, 1.82) is 0 Å². The van der Waals surface area contributed by atoms with Gasteiger partial charge in [0.1, 0.15) is 0 Å². The number of nitrogens with zero attached hydrogens (tertiary/aromatic N) is 2. The van der Waals surface area contributed by atoms with E-state index in [-0.39, 0.29) is 28.2 Å². The molecule has 134 valence electrons. The van der Waals surface area contributed by atoms with Crippen molar-refractivity contribution in [2.75, 3.05) is 19.6 Å². The largest absolute Gasteiger partial charge is 0.297 e. The van der Waals surface area contributed by atoms with Gasteiger partial charge in [0.05, 0.1) is 9.82 Å². The van der Waals surface area contributed by atoms with Gasteiger partial charge in [-0.25, -0.2) is 13.1 Å². The summed E-state index contributed by atoms with van der Waals surface area (Å²) in [6.45, 7) is 7.68. The number of hydrogen-bond donors (Lipinski definition) is 1. The van der Waals surface area contributed by atoms with Gasteiger partial charge in [0.25, 0.3) is 5.69 Å². The highest BCUT2D eigenvalue weighted by molar-refractivity contribution is 7.89. The molecule has 0 bridgehead atoms. The molecule has 0 amide bonds. The third-order valence-electron chi connectivity index (χ3n) is 4.65. The second kappa shape index (κ2) is 7.16. The Labute approximate surface area is 143 Å². The van der Waals surface area contributed by atoms with E-state index in [4.69, 9.17) is 0 Å². The molecule has 0 atom stereocenters. The van der Waals surface area contributed by atoms with E-state index in [9.17, 15) is 18.5 Å². The highest BCUT2D eigenvalue weighted by Crippen LogP contribution is 2.25. The third-order valence-corrected chi connectivity index (χ3v) is 6.19. The summed E-state index contributed by atoms with van der Waals surface area (Å²) in [5.41, 5.74) is -0.332. The summed E-state index contributed by atoms with van der Waals surface area (Å²) in [6.07, 6.45) is 3.46. The number of nitro benzene ring substituents is 1. The van der Waals surface area contributed by atoms with Crippen LogP contribution in [0.2, 0.25) is 0 Å². The summed E-state index contributed by atoms with van der Waals surface area (Å²) in [5, 5.41) is 11.0. The van der Waals surface area contributed by atoms with Crippen molar-refractivity contribution >= 4 is 15.7 Å². The van der Waals surface area contributed by atoms with Crippen molar-refractivity contribution < 1.29 is 13.3 Å². The van der Waals surface area contributed by atoms with Gasteiger partial charge in [-0.05, 0) is 52.8 Å². The van der Waals surface area contributed by atoms with E-state index in [2.05, 4.69) is 9.62 Å². The summed E-state index contributed by atoms with van der Waals surface area (Å²) >= 11 is 0. The molecule has 0 aliphatic carbocycles. The lowest BCUT2D eigenvalue weighted by Crippen LogP contribution is -2.53. The molecule has 0 aromatic heterocycles. The number of sulfonamides is 1. The number of hydrogen-bond acceptors (Lipinski definition) is 5. The molecule has 1 N–H and O–H groups in total. The molecule has 0 spiro atoms. The molecule has 24 heavy (non-hydrogen) atoms. The summed E-state index contributed by atoms with van der Waals surface area (Å²) in [7, 11) is -3.80. The maximum atomic E-state index is 12.6. The quantitative estimate of drug-likeness (QED) is 0.625. The first kappa shape index (κ1) is 18.8. The fourth-order valence-corrected chi connectivity index (χ4v) is 4.52. The number of likely N-dealkylation sites (tertiary alicyclic amines) is 1. The molecule has 0 radical (unpaired) electrons. The van der Waals surface area contributed by atoms with Crippen LogP contribution in [0.15, 0.2) is 23.1 Å². The molecule has 1 saturated heterocycles. The average molecular weight is 355 g/mol. The molecule has 0 saturated carbocycles. The molecule has 1 aromatic rings. The van der Waals surface area contributed by atoms with Crippen LogP contribution in [-0.4, -0.2) is 43.4 Å². The van der Waals surface area contributed by atoms with Crippen molar-refractivity contribution in [3.8, 4) is 0 Å². The minimum Gasteiger partial charge on any atom is -0.297 e. The molecule has 1 aromatic carbocycles. The van der Waals surface area contributed by atoms with E-state index in [0.29, 0.717) is 0 Å². The van der Waals surface area contributed by atoms with E-state index in [1.807, 2.05) is 13.8 Å². The monoisotopic (exact) mass is 355 g/mol. The lowest BCUT2D eigenvalue weighted by Gasteiger charge is -2.41. The number of piperidine rings is 1. The highest BCUT2D eigenvalue weighted by Gasteiger charge is 2.30. The average Bonchev–Trinajstić information content (AvgIpc) is 2.54. The Balaban J connectivity index is 2.17. The van der Waals surface area contributed by atoms with Crippen molar-refractivity contribution in [3.05, 3.63) is 33.9 Å². The van der Waals surface area contributed by atoms with Crippen LogP contribution >= 0.6 is 0 Å². The zero-order valence-electron chi connectivity index (χ0n) is 14.4. The molecular formula is C16H25N3O4S. The summed E-state index contributed by atoms with van der Waals surface area (Å²) in [5.74, 6) is 0. The number of nitro groups is 1. The van der Waals surface area contributed by atoms with Crippen molar-refractivity contribution in [1.82, 2.24) is 9.62 Å². The lowest BCUT2D eigenvalue weighted by atomic mass is 9.99. The van der Waals surface area contributed by atoms with E-state index in [0.717, 1.165) is 25.9 Å². The zero-order valence-corrected chi connectivity index (χ0v) is 15.2. The maximum Gasteiger partial charge on any atom is 0.273 e. The third kappa shape index (κ3) is 4.12. The van der Waals surface area contributed by atoms with Gasteiger partial charge < -0.3 is 0 Å². The molecule has 1 fully saturated rings. The number of rotatable bonds is 6. The Morgan fingerprint density at radius 3 is 2.46 bits per heavy atom. The fraction of sp³-hybridized carbons (Fsp3) is 0.625. The minimum atomic E-state index is -3.80. The summed E-state index contributed by atoms with van der Waals surface area (Å²) < 4.78 is 27.8. The van der Waals surface area contributed by atoms with Gasteiger partial charge in [0, 0.05) is 23.7 Å². The van der Waals surface area contributed by atoms with E-state index in [1.165, 1.54) is 31.5 Å². The van der Waals surface area contributed by atoms with Crippen LogP contribution in [0.25, 0.3) is 0 Å². The first-order chi connectivity index (χ1) is 11.1. The number of benzene rings is 1. The predicted molar refractivity (Wildman–Crippen MR) is 92.5 cm³/mol.